The minimum Gasteiger partial charge on any atom is -0.317 e. The van der Waals surface area contributed by atoms with E-state index in [2.05, 4.69) is 10.2 Å². The van der Waals surface area contributed by atoms with E-state index < -0.39 is 5.60 Å². The highest BCUT2D eigenvalue weighted by Crippen LogP contribution is 2.01. The minimum absolute atomic E-state index is 0.403. The maximum Gasteiger partial charge on any atom is 0.0949 e. The predicted molar refractivity (Wildman–Crippen MR) is 50.2 cm³/mol. The summed E-state index contributed by atoms with van der Waals surface area (Å²) in [5.74, 6) is 0. The second kappa shape index (κ2) is 6.40. The molecule has 3 nitrogen and oxygen atoms in total. The molecule has 3 heteroatoms. The van der Waals surface area contributed by atoms with E-state index >= 15 is 0 Å². The van der Waals surface area contributed by atoms with Gasteiger partial charge in [0.1, 0.15) is 0 Å². The molecule has 0 aromatic rings. The topological polar surface area (TPSA) is 41.5 Å². The Morgan fingerprint density at radius 2 is 1.50 bits per heavy atom. The second-order valence-corrected chi connectivity index (χ2v) is 4.01. The standard InChI is InChI=1S/C5H11N.C4H10O2/c1-2-4-6-5-3-1;1-4(2,3)6-5/h6H,1-5H2;5H,1-3H3. The molecule has 0 unspecified atom stereocenters. The average molecular weight is 175 g/mol. The van der Waals surface area contributed by atoms with Crippen LogP contribution in [0.3, 0.4) is 0 Å². The van der Waals surface area contributed by atoms with Crippen molar-refractivity contribution >= 4 is 0 Å². The molecule has 0 bridgehead atoms. The van der Waals surface area contributed by atoms with E-state index in [1.54, 1.807) is 20.8 Å². The Bertz CT molecular complexity index is 83.7. The third kappa shape index (κ3) is 9.88. The van der Waals surface area contributed by atoms with Crippen molar-refractivity contribution in [2.45, 2.75) is 45.6 Å². The normalized spacial score (nSPS) is 18.0. The Hall–Kier alpha value is -0.120. The van der Waals surface area contributed by atoms with Crippen LogP contribution in [0, 0.1) is 0 Å². The summed E-state index contributed by atoms with van der Waals surface area (Å²) in [7, 11) is 0. The molecule has 0 saturated carbocycles. The monoisotopic (exact) mass is 175 g/mol. The molecule has 12 heavy (non-hydrogen) atoms. The molecule has 0 atom stereocenters. The van der Waals surface area contributed by atoms with Gasteiger partial charge in [0.15, 0.2) is 0 Å². The Morgan fingerprint density at radius 1 is 1.08 bits per heavy atom. The van der Waals surface area contributed by atoms with Gasteiger partial charge in [0.05, 0.1) is 5.60 Å². The maximum atomic E-state index is 7.90. The Labute approximate surface area is 75.0 Å². The SMILES string of the molecule is C1CCNCC1.CC(C)(C)OO. The summed E-state index contributed by atoms with van der Waals surface area (Å²) in [5.41, 5.74) is -0.403. The first-order chi connectivity index (χ1) is 5.56. The van der Waals surface area contributed by atoms with Crippen molar-refractivity contribution in [2.24, 2.45) is 0 Å². The number of piperidine rings is 1. The van der Waals surface area contributed by atoms with Gasteiger partial charge in [-0.2, -0.15) is 0 Å². The van der Waals surface area contributed by atoms with E-state index in [9.17, 15) is 0 Å². The molecule has 0 amide bonds. The van der Waals surface area contributed by atoms with Crippen LogP contribution in [-0.2, 0) is 4.89 Å². The van der Waals surface area contributed by atoms with Crippen molar-refractivity contribution in [1.82, 2.24) is 5.32 Å². The van der Waals surface area contributed by atoms with Crippen molar-refractivity contribution in [1.29, 1.82) is 0 Å². The van der Waals surface area contributed by atoms with E-state index in [4.69, 9.17) is 5.26 Å². The van der Waals surface area contributed by atoms with Crippen LogP contribution >= 0.6 is 0 Å². The van der Waals surface area contributed by atoms with Crippen molar-refractivity contribution in [3.8, 4) is 0 Å². The van der Waals surface area contributed by atoms with Crippen molar-refractivity contribution in [3.05, 3.63) is 0 Å². The van der Waals surface area contributed by atoms with Gasteiger partial charge in [0.25, 0.3) is 0 Å². The Balaban J connectivity index is 0.000000202. The first-order valence-electron chi connectivity index (χ1n) is 4.59. The summed E-state index contributed by atoms with van der Waals surface area (Å²) in [4.78, 5) is 3.94. The number of hydrogen-bond donors (Lipinski definition) is 2. The van der Waals surface area contributed by atoms with Gasteiger partial charge in [-0.3, -0.25) is 5.26 Å². The van der Waals surface area contributed by atoms with Crippen molar-refractivity contribution in [2.75, 3.05) is 13.1 Å². The molecule has 0 aromatic carbocycles. The highest BCUT2D eigenvalue weighted by molar-refractivity contribution is 4.55. The largest absolute Gasteiger partial charge is 0.317 e. The van der Waals surface area contributed by atoms with Crippen LogP contribution in [0.4, 0.5) is 0 Å². The van der Waals surface area contributed by atoms with Crippen LogP contribution in [0.2, 0.25) is 0 Å². The molecule has 1 aliphatic rings. The third-order valence-corrected chi connectivity index (χ3v) is 1.48. The highest BCUT2D eigenvalue weighted by Gasteiger charge is 2.06. The molecule has 2 N–H and O–H groups in total. The molecule has 0 spiro atoms. The van der Waals surface area contributed by atoms with Gasteiger partial charge >= 0.3 is 0 Å². The molecular weight excluding hydrogens is 154 g/mol. The lowest BCUT2D eigenvalue weighted by Crippen LogP contribution is -2.21. The molecule has 0 aliphatic carbocycles. The number of rotatable bonds is 0. The molecule has 0 aromatic heterocycles. The van der Waals surface area contributed by atoms with E-state index in [0.717, 1.165) is 0 Å². The zero-order valence-corrected chi connectivity index (χ0v) is 8.39. The van der Waals surface area contributed by atoms with Crippen LogP contribution in [0.5, 0.6) is 0 Å². The quantitative estimate of drug-likeness (QED) is 0.437. The lowest BCUT2D eigenvalue weighted by Gasteiger charge is -2.10. The van der Waals surface area contributed by atoms with Gasteiger partial charge in [0, 0.05) is 0 Å². The zero-order valence-electron chi connectivity index (χ0n) is 8.39. The summed E-state index contributed by atoms with van der Waals surface area (Å²) in [6.07, 6.45) is 4.22. The summed E-state index contributed by atoms with van der Waals surface area (Å²) in [6, 6.07) is 0. The average Bonchev–Trinajstić information content (AvgIpc) is 2.07. The Kier molecular flexibility index (Phi) is 6.34. The lowest BCUT2D eigenvalue weighted by molar-refractivity contribution is -0.306. The molecule has 1 aliphatic heterocycles. The highest BCUT2D eigenvalue weighted by atomic mass is 17.1. The zero-order chi connectivity index (χ0) is 9.45. The van der Waals surface area contributed by atoms with E-state index in [1.807, 2.05) is 0 Å². The first-order valence-corrected chi connectivity index (χ1v) is 4.59. The van der Waals surface area contributed by atoms with Crippen molar-refractivity contribution < 1.29 is 10.1 Å². The second-order valence-electron chi connectivity index (χ2n) is 4.01. The minimum atomic E-state index is -0.403. The van der Waals surface area contributed by atoms with Crippen LogP contribution in [0.1, 0.15) is 40.0 Å². The van der Waals surface area contributed by atoms with Gasteiger partial charge in [-0.1, -0.05) is 6.42 Å². The fourth-order valence-corrected chi connectivity index (χ4v) is 0.802. The molecule has 74 valence electrons. The van der Waals surface area contributed by atoms with Crippen LogP contribution in [0.15, 0.2) is 0 Å². The maximum absolute atomic E-state index is 7.90. The predicted octanol–water partition coefficient (Wildman–Crippen LogP) is 2.03. The van der Waals surface area contributed by atoms with Gasteiger partial charge in [0.2, 0.25) is 0 Å². The van der Waals surface area contributed by atoms with Gasteiger partial charge in [-0.25, -0.2) is 4.89 Å². The van der Waals surface area contributed by atoms with E-state index in [0.29, 0.717) is 0 Å². The number of nitrogens with one attached hydrogen (secondary N) is 1. The van der Waals surface area contributed by atoms with Gasteiger partial charge in [-0.15, -0.1) is 0 Å². The molecule has 1 heterocycles. The van der Waals surface area contributed by atoms with Crippen LogP contribution in [-0.4, -0.2) is 23.9 Å². The van der Waals surface area contributed by atoms with Crippen molar-refractivity contribution in [3.63, 3.8) is 0 Å². The Morgan fingerprint density at radius 3 is 1.58 bits per heavy atom. The lowest BCUT2D eigenvalue weighted by atomic mass is 10.2. The smallest absolute Gasteiger partial charge is 0.0949 e. The third-order valence-electron chi connectivity index (χ3n) is 1.48. The number of hydrogen-bond acceptors (Lipinski definition) is 3. The molecular formula is C9H21NO2. The van der Waals surface area contributed by atoms with Crippen LogP contribution in [0.25, 0.3) is 0 Å². The van der Waals surface area contributed by atoms with Crippen LogP contribution < -0.4 is 5.32 Å². The molecule has 1 fully saturated rings. The fourth-order valence-electron chi connectivity index (χ4n) is 0.802. The first kappa shape index (κ1) is 11.9. The van der Waals surface area contributed by atoms with Gasteiger partial charge in [-0.05, 0) is 46.7 Å². The van der Waals surface area contributed by atoms with E-state index in [-0.39, 0.29) is 0 Å². The molecule has 1 saturated heterocycles. The van der Waals surface area contributed by atoms with E-state index in [1.165, 1.54) is 32.4 Å². The molecule has 0 radical (unpaired) electrons. The summed E-state index contributed by atoms with van der Waals surface area (Å²) in [6.45, 7) is 7.81. The summed E-state index contributed by atoms with van der Waals surface area (Å²) in [5, 5.41) is 11.2. The van der Waals surface area contributed by atoms with Gasteiger partial charge < -0.3 is 5.32 Å². The summed E-state index contributed by atoms with van der Waals surface area (Å²) >= 11 is 0. The molecule has 1 rings (SSSR count). The fraction of sp³-hybridized carbons (Fsp3) is 1.00. The summed E-state index contributed by atoms with van der Waals surface area (Å²) < 4.78 is 0.